The van der Waals surface area contributed by atoms with Gasteiger partial charge >= 0.3 is 0 Å². The molecule has 2 aliphatic heterocycles. The maximum Gasteiger partial charge on any atom is 0.144 e. The predicted molar refractivity (Wildman–Crippen MR) is 147 cm³/mol. The minimum Gasteiger partial charge on any atom is -0.497 e. The standard InChI is InChI=1S/C33H32O6/c1-35-27-17-13-25(14-18-27)33(24-11-7-4-8-12-24,26-15-19-28(36-2)20-16-26)38-22-32-21-37-30(31(32)34)29(39-32)23-9-5-3-6-10-23/h3-20,29-31,34H,21-22H2,1-2H3/t29-,30-,31-,32+/m0/s1. The molecule has 2 heterocycles. The molecular weight excluding hydrogens is 492 g/mol. The molecule has 200 valence electrons. The van der Waals surface area contributed by atoms with Gasteiger partial charge in [0.05, 0.1) is 27.4 Å². The van der Waals surface area contributed by atoms with E-state index in [4.69, 9.17) is 23.7 Å². The van der Waals surface area contributed by atoms with E-state index in [-0.39, 0.29) is 19.3 Å². The highest BCUT2D eigenvalue weighted by atomic mass is 16.7. The van der Waals surface area contributed by atoms with Crippen molar-refractivity contribution in [2.75, 3.05) is 27.4 Å². The molecule has 1 N–H and O–H groups in total. The Morgan fingerprint density at radius 2 is 1.26 bits per heavy atom. The van der Waals surface area contributed by atoms with Gasteiger partial charge in [-0.2, -0.15) is 0 Å². The molecule has 4 atom stereocenters. The predicted octanol–water partition coefficient (Wildman–Crippen LogP) is 5.28. The summed E-state index contributed by atoms with van der Waals surface area (Å²) in [5.74, 6) is 1.50. The molecule has 39 heavy (non-hydrogen) atoms. The first-order valence-electron chi connectivity index (χ1n) is 13.1. The zero-order valence-electron chi connectivity index (χ0n) is 22.0. The molecule has 2 fully saturated rings. The van der Waals surface area contributed by atoms with E-state index in [1.54, 1.807) is 14.2 Å². The summed E-state index contributed by atoms with van der Waals surface area (Å²) >= 11 is 0. The van der Waals surface area contributed by atoms with E-state index in [0.717, 1.165) is 33.8 Å². The van der Waals surface area contributed by atoms with Crippen LogP contribution < -0.4 is 9.47 Å². The molecular formula is C33H32O6. The first kappa shape index (κ1) is 25.6. The van der Waals surface area contributed by atoms with Crippen LogP contribution in [0.5, 0.6) is 11.5 Å². The van der Waals surface area contributed by atoms with Gasteiger partial charge in [-0.25, -0.2) is 0 Å². The number of benzene rings is 4. The number of aliphatic hydroxyl groups is 1. The van der Waals surface area contributed by atoms with Crippen molar-refractivity contribution >= 4 is 0 Å². The van der Waals surface area contributed by atoms with E-state index in [9.17, 15) is 5.11 Å². The molecule has 2 saturated heterocycles. The zero-order chi connectivity index (χ0) is 26.9. The van der Waals surface area contributed by atoms with Crippen LogP contribution >= 0.6 is 0 Å². The van der Waals surface area contributed by atoms with Crippen LogP contribution in [0.4, 0.5) is 0 Å². The summed E-state index contributed by atoms with van der Waals surface area (Å²) in [6.45, 7) is 0.360. The molecule has 6 rings (SSSR count). The second kappa shape index (κ2) is 10.5. The molecule has 2 aliphatic rings. The molecule has 2 bridgehead atoms. The number of hydrogen-bond acceptors (Lipinski definition) is 6. The second-order valence-corrected chi connectivity index (χ2v) is 10.0. The lowest BCUT2D eigenvalue weighted by Crippen LogP contribution is -2.48. The fourth-order valence-electron chi connectivity index (χ4n) is 5.76. The number of ether oxygens (including phenoxy) is 5. The van der Waals surface area contributed by atoms with Crippen LogP contribution in [0.15, 0.2) is 109 Å². The molecule has 0 amide bonds. The zero-order valence-corrected chi connectivity index (χ0v) is 22.0. The van der Waals surface area contributed by atoms with Crippen molar-refractivity contribution < 1.29 is 28.8 Å². The van der Waals surface area contributed by atoms with Gasteiger partial charge < -0.3 is 28.8 Å². The normalized spacial score (nSPS) is 24.0. The van der Waals surface area contributed by atoms with Gasteiger partial charge in [-0.1, -0.05) is 84.9 Å². The summed E-state index contributed by atoms with van der Waals surface area (Å²) < 4.78 is 30.6. The van der Waals surface area contributed by atoms with Crippen LogP contribution in [0.1, 0.15) is 28.4 Å². The Balaban J connectivity index is 1.44. The van der Waals surface area contributed by atoms with E-state index in [2.05, 4.69) is 12.1 Å². The van der Waals surface area contributed by atoms with E-state index in [0.29, 0.717) is 0 Å². The number of fused-ring (bicyclic) bond motifs is 2. The molecule has 0 aliphatic carbocycles. The molecule has 0 unspecified atom stereocenters. The third-order valence-electron chi connectivity index (χ3n) is 7.86. The van der Waals surface area contributed by atoms with Crippen LogP contribution in [0.2, 0.25) is 0 Å². The molecule has 4 aromatic rings. The summed E-state index contributed by atoms with van der Waals surface area (Å²) in [6.07, 6.45) is -1.65. The van der Waals surface area contributed by atoms with Crippen LogP contribution in [0.25, 0.3) is 0 Å². The molecule has 0 radical (unpaired) electrons. The van der Waals surface area contributed by atoms with Gasteiger partial charge in [-0.05, 0) is 46.5 Å². The minimum absolute atomic E-state index is 0.112. The Hall–Kier alpha value is -3.68. The van der Waals surface area contributed by atoms with Crippen molar-refractivity contribution in [3.05, 3.63) is 131 Å². The topological polar surface area (TPSA) is 66.4 Å². The molecule has 0 saturated carbocycles. The monoisotopic (exact) mass is 524 g/mol. The first-order chi connectivity index (χ1) is 19.1. The Labute approximate surface area is 228 Å². The van der Waals surface area contributed by atoms with E-state index in [1.165, 1.54) is 0 Å². The molecule has 4 aromatic carbocycles. The smallest absolute Gasteiger partial charge is 0.144 e. The van der Waals surface area contributed by atoms with Gasteiger partial charge in [0, 0.05) is 0 Å². The van der Waals surface area contributed by atoms with Crippen molar-refractivity contribution in [1.82, 2.24) is 0 Å². The fraction of sp³-hybridized carbons (Fsp3) is 0.273. The van der Waals surface area contributed by atoms with Gasteiger partial charge in [0.25, 0.3) is 0 Å². The van der Waals surface area contributed by atoms with Crippen LogP contribution in [0, 0.1) is 0 Å². The average molecular weight is 525 g/mol. The highest BCUT2D eigenvalue weighted by Gasteiger charge is 2.62. The van der Waals surface area contributed by atoms with Gasteiger partial charge in [0.1, 0.15) is 41.0 Å². The Kier molecular flexibility index (Phi) is 6.87. The number of aliphatic hydroxyl groups excluding tert-OH is 1. The maximum absolute atomic E-state index is 11.4. The average Bonchev–Trinajstić information content (AvgIpc) is 3.48. The van der Waals surface area contributed by atoms with E-state index < -0.39 is 23.4 Å². The van der Waals surface area contributed by atoms with E-state index >= 15 is 0 Å². The summed E-state index contributed by atoms with van der Waals surface area (Å²) in [4.78, 5) is 0. The van der Waals surface area contributed by atoms with Crippen LogP contribution in [-0.2, 0) is 19.8 Å². The number of rotatable bonds is 9. The SMILES string of the molecule is COc1ccc(C(OC[C@@]23CO[C@@H]([C@H](c4ccccc4)O2)[C@@H]3O)(c2ccccc2)c2ccc(OC)cc2)cc1. The highest BCUT2D eigenvalue weighted by Crippen LogP contribution is 2.49. The third kappa shape index (κ3) is 4.39. The largest absolute Gasteiger partial charge is 0.497 e. The Morgan fingerprint density at radius 3 is 1.79 bits per heavy atom. The van der Waals surface area contributed by atoms with Crippen molar-refractivity contribution in [3.63, 3.8) is 0 Å². The molecule has 0 aromatic heterocycles. The minimum atomic E-state index is -1.01. The Bertz CT molecular complexity index is 1330. The van der Waals surface area contributed by atoms with E-state index in [1.807, 2.05) is 97.1 Å². The molecule has 0 spiro atoms. The van der Waals surface area contributed by atoms with Gasteiger partial charge in [-0.15, -0.1) is 0 Å². The lowest BCUT2D eigenvalue weighted by atomic mass is 9.79. The highest BCUT2D eigenvalue weighted by molar-refractivity contribution is 5.50. The van der Waals surface area contributed by atoms with Crippen molar-refractivity contribution in [3.8, 4) is 11.5 Å². The van der Waals surface area contributed by atoms with Gasteiger partial charge in [0.15, 0.2) is 0 Å². The molecule has 6 nitrogen and oxygen atoms in total. The summed E-state index contributed by atoms with van der Waals surface area (Å²) in [5, 5.41) is 11.4. The van der Waals surface area contributed by atoms with Crippen LogP contribution in [0.3, 0.4) is 0 Å². The summed E-state index contributed by atoms with van der Waals surface area (Å²) in [5.41, 5.74) is 1.73. The van der Waals surface area contributed by atoms with Gasteiger partial charge in [0.2, 0.25) is 0 Å². The number of hydrogen-bond donors (Lipinski definition) is 1. The third-order valence-corrected chi connectivity index (χ3v) is 7.86. The van der Waals surface area contributed by atoms with Crippen molar-refractivity contribution in [2.24, 2.45) is 0 Å². The first-order valence-corrected chi connectivity index (χ1v) is 13.1. The second-order valence-electron chi connectivity index (χ2n) is 10.0. The van der Waals surface area contributed by atoms with Crippen molar-refractivity contribution in [1.29, 1.82) is 0 Å². The van der Waals surface area contributed by atoms with Crippen LogP contribution in [-0.4, -0.2) is 50.3 Å². The quantitative estimate of drug-likeness (QED) is 0.301. The number of methoxy groups -OCH3 is 2. The lowest BCUT2D eigenvalue weighted by Gasteiger charge is -2.39. The lowest BCUT2D eigenvalue weighted by molar-refractivity contribution is -0.184. The summed E-state index contributed by atoms with van der Waals surface area (Å²) in [6, 6.07) is 35.8. The maximum atomic E-state index is 11.4. The summed E-state index contributed by atoms with van der Waals surface area (Å²) in [7, 11) is 3.30. The fourth-order valence-corrected chi connectivity index (χ4v) is 5.76. The van der Waals surface area contributed by atoms with Crippen molar-refractivity contribution in [2.45, 2.75) is 29.5 Å². The molecule has 6 heteroatoms. The van der Waals surface area contributed by atoms with Gasteiger partial charge in [-0.3, -0.25) is 0 Å². The Morgan fingerprint density at radius 1 is 0.744 bits per heavy atom.